The normalized spacial score (nSPS) is 12.2. The minimum atomic E-state index is 0.267. The first kappa shape index (κ1) is 14.9. The fourth-order valence-electron chi connectivity index (χ4n) is 1.91. The van der Waals surface area contributed by atoms with Crippen molar-refractivity contribution < 1.29 is 0 Å². The van der Waals surface area contributed by atoms with Crippen LogP contribution in [0.25, 0.3) is 0 Å². The third kappa shape index (κ3) is 3.98. The molecule has 0 saturated heterocycles. The van der Waals surface area contributed by atoms with E-state index < -0.39 is 0 Å². The van der Waals surface area contributed by atoms with Gasteiger partial charge in [-0.15, -0.1) is 0 Å². The Kier molecular flexibility index (Phi) is 5.31. The van der Waals surface area contributed by atoms with Crippen LogP contribution in [0.4, 0.5) is 5.69 Å². The Morgan fingerprint density at radius 3 is 2.42 bits per heavy atom. The van der Waals surface area contributed by atoms with Crippen LogP contribution < -0.4 is 5.32 Å². The highest BCUT2D eigenvalue weighted by molar-refractivity contribution is 9.11. The van der Waals surface area contributed by atoms with Crippen molar-refractivity contribution in [3.05, 3.63) is 62.0 Å². The van der Waals surface area contributed by atoms with Gasteiger partial charge in [-0.05, 0) is 58.2 Å². The Labute approximate surface area is 135 Å². The van der Waals surface area contributed by atoms with E-state index >= 15 is 0 Å². The van der Waals surface area contributed by atoms with Crippen LogP contribution in [-0.2, 0) is 0 Å². The van der Waals surface area contributed by atoms with Crippen LogP contribution in [0, 0.1) is 0 Å². The van der Waals surface area contributed by atoms with Gasteiger partial charge in [0.25, 0.3) is 0 Å². The third-order valence-corrected chi connectivity index (χ3v) is 4.38. The second kappa shape index (κ2) is 6.78. The van der Waals surface area contributed by atoms with E-state index in [1.54, 1.807) is 0 Å². The second-order valence-corrected chi connectivity index (χ2v) is 6.49. The number of anilines is 1. The summed E-state index contributed by atoms with van der Waals surface area (Å²) >= 11 is 13.0. The molecular formula is C15H14Br2ClN. The monoisotopic (exact) mass is 401 g/mol. The van der Waals surface area contributed by atoms with Gasteiger partial charge in [0.2, 0.25) is 0 Å². The summed E-state index contributed by atoms with van der Waals surface area (Å²) in [7, 11) is 0. The number of halogens is 3. The molecule has 2 rings (SSSR count). The van der Waals surface area contributed by atoms with Crippen LogP contribution in [0.2, 0.25) is 5.02 Å². The Bertz CT molecular complexity index is 555. The maximum Gasteiger partial charge on any atom is 0.0511 e. The lowest BCUT2D eigenvalue weighted by molar-refractivity contribution is 0.749. The molecule has 4 heteroatoms. The molecule has 100 valence electrons. The molecule has 0 heterocycles. The number of nitrogens with one attached hydrogen (secondary N) is 1. The van der Waals surface area contributed by atoms with Crippen LogP contribution in [0.3, 0.4) is 0 Å². The number of rotatable bonds is 4. The minimum absolute atomic E-state index is 0.267. The highest BCUT2D eigenvalue weighted by Gasteiger charge is 2.11. The Morgan fingerprint density at radius 2 is 1.79 bits per heavy atom. The van der Waals surface area contributed by atoms with Crippen molar-refractivity contribution >= 4 is 49.1 Å². The molecule has 0 spiro atoms. The average Bonchev–Trinajstić information content (AvgIpc) is 2.41. The molecule has 0 aliphatic carbocycles. The van der Waals surface area contributed by atoms with E-state index in [2.05, 4.69) is 62.3 Å². The lowest BCUT2D eigenvalue weighted by atomic mass is 10.0. The molecule has 0 aromatic heterocycles. The molecule has 2 aromatic rings. The first-order valence-corrected chi connectivity index (χ1v) is 8.03. The molecule has 19 heavy (non-hydrogen) atoms. The van der Waals surface area contributed by atoms with Crippen molar-refractivity contribution in [2.45, 2.75) is 19.4 Å². The van der Waals surface area contributed by atoms with Crippen LogP contribution in [0.1, 0.15) is 24.9 Å². The molecule has 0 aliphatic rings. The summed E-state index contributed by atoms with van der Waals surface area (Å²) < 4.78 is 2.12. The molecule has 0 radical (unpaired) electrons. The second-order valence-electron chi connectivity index (χ2n) is 4.28. The predicted octanol–water partition coefficient (Wildman–Crippen LogP) is 6.43. The molecule has 1 atom stereocenters. The molecule has 0 fully saturated rings. The van der Waals surface area contributed by atoms with Crippen molar-refractivity contribution in [1.29, 1.82) is 0 Å². The molecule has 1 nitrogen and oxygen atoms in total. The van der Waals surface area contributed by atoms with E-state index in [1.807, 2.05) is 24.3 Å². The number of hydrogen-bond donors (Lipinski definition) is 1. The van der Waals surface area contributed by atoms with Crippen LogP contribution in [0.15, 0.2) is 51.4 Å². The van der Waals surface area contributed by atoms with Crippen molar-refractivity contribution in [3.63, 3.8) is 0 Å². The molecule has 1 N–H and O–H groups in total. The SMILES string of the molecule is CCC(Nc1cc(Br)ccc1Br)c1ccc(Cl)cc1. The highest BCUT2D eigenvalue weighted by Crippen LogP contribution is 2.31. The average molecular weight is 404 g/mol. The van der Waals surface area contributed by atoms with E-state index in [1.165, 1.54) is 5.56 Å². The Morgan fingerprint density at radius 1 is 1.11 bits per heavy atom. The molecule has 0 aliphatic heterocycles. The quantitative estimate of drug-likeness (QED) is 0.620. The van der Waals surface area contributed by atoms with Crippen molar-refractivity contribution in [2.75, 3.05) is 5.32 Å². The largest absolute Gasteiger partial charge is 0.377 e. The summed E-state index contributed by atoms with van der Waals surface area (Å²) in [6, 6.07) is 14.4. The molecule has 0 saturated carbocycles. The minimum Gasteiger partial charge on any atom is -0.377 e. The first-order valence-electron chi connectivity index (χ1n) is 6.07. The van der Waals surface area contributed by atoms with Gasteiger partial charge in [-0.2, -0.15) is 0 Å². The van der Waals surface area contributed by atoms with Gasteiger partial charge in [-0.1, -0.05) is 46.6 Å². The van der Waals surface area contributed by atoms with Crippen molar-refractivity contribution in [1.82, 2.24) is 0 Å². The van der Waals surface area contributed by atoms with Gasteiger partial charge < -0.3 is 5.32 Å². The fraction of sp³-hybridized carbons (Fsp3) is 0.200. The van der Waals surface area contributed by atoms with Crippen LogP contribution in [-0.4, -0.2) is 0 Å². The maximum absolute atomic E-state index is 5.93. The van der Waals surface area contributed by atoms with Gasteiger partial charge in [0.05, 0.1) is 11.7 Å². The summed E-state index contributed by atoms with van der Waals surface area (Å²) in [6.07, 6.45) is 1.00. The molecule has 0 bridgehead atoms. The lowest BCUT2D eigenvalue weighted by Gasteiger charge is -2.20. The van der Waals surface area contributed by atoms with Gasteiger partial charge in [0.1, 0.15) is 0 Å². The zero-order valence-electron chi connectivity index (χ0n) is 10.5. The van der Waals surface area contributed by atoms with Crippen LogP contribution >= 0.6 is 43.5 Å². The zero-order chi connectivity index (χ0) is 13.8. The summed E-state index contributed by atoms with van der Waals surface area (Å²) in [6.45, 7) is 2.16. The number of benzene rings is 2. The van der Waals surface area contributed by atoms with Gasteiger partial charge in [-0.25, -0.2) is 0 Å². The van der Waals surface area contributed by atoms with E-state index in [0.717, 1.165) is 26.1 Å². The summed E-state index contributed by atoms with van der Waals surface area (Å²) in [4.78, 5) is 0. The molecule has 2 aromatic carbocycles. The first-order chi connectivity index (χ1) is 9.10. The lowest BCUT2D eigenvalue weighted by Crippen LogP contribution is -2.10. The highest BCUT2D eigenvalue weighted by atomic mass is 79.9. The zero-order valence-corrected chi connectivity index (χ0v) is 14.4. The summed E-state index contributed by atoms with van der Waals surface area (Å²) in [5.41, 5.74) is 2.31. The number of hydrogen-bond acceptors (Lipinski definition) is 1. The van der Waals surface area contributed by atoms with E-state index in [9.17, 15) is 0 Å². The van der Waals surface area contributed by atoms with Gasteiger partial charge in [0.15, 0.2) is 0 Å². The Balaban J connectivity index is 2.23. The van der Waals surface area contributed by atoms with E-state index in [0.29, 0.717) is 0 Å². The van der Waals surface area contributed by atoms with Crippen molar-refractivity contribution in [3.8, 4) is 0 Å². The smallest absolute Gasteiger partial charge is 0.0511 e. The predicted molar refractivity (Wildman–Crippen MR) is 89.9 cm³/mol. The topological polar surface area (TPSA) is 12.0 Å². The van der Waals surface area contributed by atoms with Crippen molar-refractivity contribution in [2.24, 2.45) is 0 Å². The molecular weight excluding hydrogens is 389 g/mol. The molecule has 1 unspecified atom stereocenters. The van der Waals surface area contributed by atoms with E-state index in [4.69, 9.17) is 11.6 Å². The summed E-state index contributed by atoms with van der Waals surface area (Å²) in [5.74, 6) is 0. The van der Waals surface area contributed by atoms with Gasteiger partial charge >= 0.3 is 0 Å². The maximum atomic E-state index is 5.93. The van der Waals surface area contributed by atoms with Gasteiger partial charge in [-0.3, -0.25) is 0 Å². The van der Waals surface area contributed by atoms with Gasteiger partial charge in [0, 0.05) is 14.0 Å². The Hall–Kier alpha value is -0.510. The standard InChI is InChI=1S/C15H14Br2ClN/c1-2-14(10-3-6-12(18)7-4-10)19-15-9-11(16)5-8-13(15)17/h3-9,14,19H,2H2,1H3. The fourth-order valence-corrected chi connectivity index (χ4v) is 2.76. The van der Waals surface area contributed by atoms with E-state index in [-0.39, 0.29) is 6.04 Å². The molecule has 0 amide bonds. The third-order valence-electron chi connectivity index (χ3n) is 2.94. The summed E-state index contributed by atoms with van der Waals surface area (Å²) in [5, 5.41) is 4.32. The van der Waals surface area contributed by atoms with Crippen LogP contribution in [0.5, 0.6) is 0 Å².